The Morgan fingerprint density at radius 1 is 1.04 bits per heavy atom. The average Bonchev–Trinajstić information content (AvgIpc) is 2.67. The van der Waals surface area contributed by atoms with Crippen LogP contribution in [-0.4, -0.2) is 24.0 Å². The van der Waals surface area contributed by atoms with E-state index in [2.05, 4.69) is 10.1 Å². The molecule has 1 aliphatic heterocycles. The Balaban J connectivity index is 1.97. The van der Waals surface area contributed by atoms with Crippen LogP contribution in [0.5, 0.6) is 5.75 Å². The molecule has 0 aliphatic carbocycles. The SMILES string of the molecule is COc1ccc(Nc2c([N+](=O)[O-])cc3c4c(cccc24)C(=O)OC3=O)cc1. The van der Waals surface area contributed by atoms with Gasteiger partial charge in [0.15, 0.2) is 0 Å². The van der Waals surface area contributed by atoms with Crippen molar-refractivity contribution in [3.63, 3.8) is 0 Å². The first-order chi connectivity index (χ1) is 13.0. The lowest BCUT2D eigenvalue weighted by Crippen LogP contribution is -2.20. The molecule has 0 unspecified atom stereocenters. The normalized spacial score (nSPS) is 12.6. The topological polar surface area (TPSA) is 108 Å². The highest BCUT2D eigenvalue weighted by Gasteiger charge is 2.32. The summed E-state index contributed by atoms with van der Waals surface area (Å²) in [7, 11) is 1.54. The van der Waals surface area contributed by atoms with Crippen LogP contribution >= 0.6 is 0 Å². The van der Waals surface area contributed by atoms with Gasteiger partial charge in [0, 0.05) is 22.5 Å². The number of nitrogens with zero attached hydrogens (tertiary/aromatic N) is 1. The van der Waals surface area contributed by atoms with Crippen molar-refractivity contribution in [2.24, 2.45) is 0 Å². The standard InChI is InChI=1S/C19H12N2O6/c1-26-11-7-5-10(6-8-11)20-17-12-3-2-4-13-16(12)14(9-15(17)21(24)25)19(23)27-18(13)22/h2-9,20H,1H3. The van der Waals surface area contributed by atoms with Crippen molar-refractivity contribution in [2.75, 3.05) is 12.4 Å². The van der Waals surface area contributed by atoms with Gasteiger partial charge in [-0.2, -0.15) is 0 Å². The Bertz CT molecular complexity index is 1120. The third-order valence-corrected chi connectivity index (χ3v) is 4.32. The summed E-state index contributed by atoms with van der Waals surface area (Å²) in [5.41, 5.74) is 0.663. The molecule has 4 rings (SSSR count). The minimum atomic E-state index is -0.900. The Morgan fingerprint density at radius 3 is 2.41 bits per heavy atom. The second-order valence-corrected chi connectivity index (χ2v) is 5.83. The molecule has 0 fully saturated rings. The molecule has 27 heavy (non-hydrogen) atoms. The Hall–Kier alpha value is -3.94. The largest absolute Gasteiger partial charge is 0.497 e. The number of nitro benzene ring substituents is 1. The van der Waals surface area contributed by atoms with E-state index in [1.165, 1.54) is 13.2 Å². The van der Waals surface area contributed by atoms with E-state index >= 15 is 0 Å². The maximum atomic E-state index is 12.1. The number of ether oxygens (including phenoxy) is 2. The van der Waals surface area contributed by atoms with Crippen molar-refractivity contribution in [1.29, 1.82) is 0 Å². The zero-order chi connectivity index (χ0) is 19.1. The molecule has 1 aliphatic rings. The van der Waals surface area contributed by atoms with Gasteiger partial charge in [-0.3, -0.25) is 10.1 Å². The number of methoxy groups -OCH3 is 1. The number of carbonyl (C=O) groups excluding carboxylic acids is 2. The van der Waals surface area contributed by atoms with E-state index in [9.17, 15) is 19.7 Å². The number of cyclic esters (lactones) is 2. The number of carbonyl (C=O) groups is 2. The third-order valence-electron chi connectivity index (χ3n) is 4.32. The molecule has 8 heteroatoms. The molecule has 0 aromatic heterocycles. The van der Waals surface area contributed by atoms with Gasteiger partial charge in [-0.25, -0.2) is 9.59 Å². The van der Waals surface area contributed by atoms with Crippen LogP contribution < -0.4 is 10.1 Å². The molecule has 0 saturated carbocycles. The summed E-state index contributed by atoms with van der Waals surface area (Å²) < 4.78 is 9.79. The van der Waals surface area contributed by atoms with Crippen molar-refractivity contribution >= 4 is 39.8 Å². The zero-order valence-electron chi connectivity index (χ0n) is 14.0. The van der Waals surface area contributed by atoms with Gasteiger partial charge in [0.2, 0.25) is 0 Å². The molecule has 0 spiro atoms. The number of esters is 2. The second kappa shape index (κ2) is 6.10. The van der Waals surface area contributed by atoms with E-state index < -0.39 is 16.9 Å². The van der Waals surface area contributed by atoms with Gasteiger partial charge in [0.1, 0.15) is 11.4 Å². The summed E-state index contributed by atoms with van der Waals surface area (Å²) >= 11 is 0. The molecule has 0 saturated heterocycles. The van der Waals surface area contributed by atoms with Gasteiger partial charge in [0.25, 0.3) is 5.69 Å². The van der Waals surface area contributed by atoms with Crippen LogP contribution in [0.15, 0.2) is 48.5 Å². The lowest BCUT2D eigenvalue weighted by atomic mass is 9.95. The Kier molecular flexibility index (Phi) is 3.73. The number of rotatable bonds is 4. The number of hydrogen-bond donors (Lipinski definition) is 1. The van der Waals surface area contributed by atoms with Crippen LogP contribution in [0.25, 0.3) is 10.8 Å². The molecule has 0 amide bonds. The molecule has 1 heterocycles. The highest BCUT2D eigenvalue weighted by atomic mass is 16.6. The summed E-state index contributed by atoms with van der Waals surface area (Å²) in [5.74, 6) is -1.04. The monoisotopic (exact) mass is 364 g/mol. The summed E-state index contributed by atoms with van der Waals surface area (Å²) in [6, 6.07) is 12.7. The number of hydrogen-bond acceptors (Lipinski definition) is 7. The van der Waals surface area contributed by atoms with Crippen molar-refractivity contribution in [3.8, 4) is 5.75 Å². The highest BCUT2D eigenvalue weighted by molar-refractivity contribution is 6.23. The van der Waals surface area contributed by atoms with Crippen LogP contribution in [0.1, 0.15) is 20.7 Å². The highest BCUT2D eigenvalue weighted by Crippen LogP contribution is 2.41. The van der Waals surface area contributed by atoms with Crippen molar-refractivity contribution in [3.05, 3.63) is 69.8 Å². The maximum absolute atomic E-state index is 12.1. The molecule has 8 nitrogen and oxygen atoms in total. The first-order valence-electron chi connectivity index (χ1n) is 7.91. The van der Waals surface area contributed by atoms with Gasteiger partial charge in [0.05, 0.1) is 23.2 Å². The summed E-state index contributed by atoms with van der Waals surface area (Å²) in [4.78, 5) is 35.2. The fourth-order valence-electron chi connectivity index (χ4n) is 3.09. The van der Waals surface area contributed by atoms with Gasteiger partial charge in [-0.1, -0.05) is 12.1 Å². The van der Waals surface area contributed by atoms with E-state index in [0.29, 0.717) is 22.2 Å². The number of nitrogens with one attached hydrogen (secondary N) is 1. The average molecular weight is 364 g/mol. The molecule has 3 aromatic carbocycles. The molecular weight excluding hydrogens is 352 g/mol. The van der Waals surface area contributed by atoms with Gasteiger partial charge < -0.3 is 14.8 Å². The lowest BCUT2D eigenvalue weighted by Gasteiger charge is -2.18. The first kappa shape index (κ1) is 16.5. The number of nitro groups is 1. The molecule has 134 valence electrons. The van der Waals surface area contributed by atoms with E-state index in [0.717, 1.165) is 6.07 Å². The number of benzene rings is 3. The van der Waals surface area contributed by atoms with E-state index in [1.807, 2.05) is 0 Å². The molecule has 3 aromatic rings. The van der Waals surface area contributed by atoms with Crippen molar-refractivity contribution in [2.45, 2.75) is 0 Å². The molecule has 0 bridgehead atoms. The maximum Gasteiger partial charge on any atom is 0.346 e. The van der Waals surface area contributed by atoms with Crippen LogP contribution in [-0.2, 0) is 4.74 Å². The first-order valence-corrected chi connectivity index (χ1v) is 7.91. The fraction of sp³-hybridized carbons (Fsp3) is 0.0526. The van der Waals surface area contributed by atoms with Gasteiger partial charge in [-0.15, -0.1) is 0 Å². The predicted molar refractivity (Wildman–Crippen MR) is 96.6 cm³/mol. The molecule has 0 radical (unpaired) electrons. The fourth-order valence-corrected chi connectivity index (χ4v) is 3.09. The van der Waals surface area contributed by atoms with Crippen LogP contribution in [0.2, 0.25) is 0 Å². The number of anilines is 2. The minimum absolute atomic E-state index is 0.00724. The van der Waals surface area contributed by atoms with E-state index in [4.69, 9.17) is 4.74 Å². The summed E-state index contributed by atoms with van der Waals surface area (Å²) in [5, 5.41) is 15.4. The second-order valence-electron chi connectivity index (χ2n) is 5.83. The van der Waals surface area contributed by atoms with Crippen molar-refractivity contribution in [1.82, 2.24) is 0 Å². The zero-order valence-corrected chi connectivity index (χ0v) is 14.0. The Labute approximate surface area is 152 Å². The lowest BCUT2D eigenvalue weighted by molar-refractivity contribution is -0.383. The van der Waals surface area contributed by atoms with E-state index in [1.54, 1.807) is 36.4 Å². The molecule has 1 N–H and O–H groups in total. The summed E-state index contributed by atoms with van der Waals surface area (Å²) in [6.45, 7) is 0. The predicted octanol–water partition coefficient (Wildman–Crippen LogP) is 3.81. The van der Waals surface area contributed by atoms with Crippen LogP contribution in [0.3, 0.4) is 0 Å². The molecule has 0 atom stereocenters. The molecular formula is C19H12N2O6. The van der Waals surface area contributed by atoms with Crippen molar-refractivity contribution < 1.29 is 24.0 Å². The summed E-state index contributed by atoms with van der Waals surface area (Å²) in [6.07, 6.45) is 0. The van der Waals surface area contributed by atoms with Crippen LogP contribution in [0, 0.1) is 10.1 Å². The minimum Gasteiger partial charge on any atom is -0.497 e. The van der Waals surface area contributed by atoms with Crippen LogP contribution in [0.4, 0.5) is 17.1 Å². The Morgan fingerprint density at radius 2 is 1.74 bits per heavy atom. The smallest absolute Gasteiger partial charge is 0.346 e. The van der Waals surface area contributed by atoms with Gasteiger partial charge in [-0.05, 0) is 30.3 Å². The van der Waals surface area contributed by atoms with Gasteiger partial charge >= 0.3 is 11.9 Å². The quantitative estimate of drug-likeness (QED) is 0.324. The third kappa shape index (κ3) is 2.63. The van der Waals surface area contributed by atoms with E-state index in [-0.39, 0.29) is 22.5 Å².